The van der Waals surface area contributed by atoms with E-state index in [1.54, 1.807) is 0 Å². The minimum atomic E-state index is -3.57. The summed E-state index contributed by atoms with van der Waals surface area (Å²) in [4.78, 5) is 0. The maximum atomic E-state index is 11.9. The number of nitrogens with one attached hydrogen (secondary N) is 1. The van der Waals surface area contributed by atoms with Crippen molar-refractivity contribution < 1.29 is 13.2 Å². The highest BCUT2D eigenvalue weighted by Crippen LogP contribution is 2.34. The first-order chi connectivity index (χ1) is 11.5. The molecule has 3 rings (SSSR count). The molecule has 2 fully saturated rings. The van der Waals surface area contributed by atoms with E-state index in [9.17, 15) is 8.42 Å². The van der Waals surface area contributed by atoms with Crippen LogP contribution in [-0.2, 0) is 14.8 Å². The Labute approximate surface area is 145 Å². The number of ether oxygens (including phenoxy) is 1. The van der Waals surface area contributed by atoms with Crippen molar-refractivity contribution in [2.75, 3.05) is 19.7 Å². The van der Waals surface area contributed by atoms with Gasteiger partial charge in [0.25, 0.3) is 0 Å². The fraction of sp³-hybridized carbons (Fsp3) is 0.667. The van der Waals surface area contributed by atoms with Gasteiger partial charge >= 0.3 is 0 Å². The van der Waals surface area contributed by atoms with Crippen LogP contribution in [0.3, 0.4) is 0 Å². The Morgan fingerprint density at radius 1 is 1.12 bits per heavy atom. The lowest BCUT2D eigenvalue weighted by molar-refractivity contribution is 0.0201. The third-order valence-corrected chi connectivity index (χ3v) is 6.85. The van der Waals surface area contributed by atoms with Gasteiger partial charge < -0.3 is 10.1 Å². The van der Waals surface area contributed by atoms with Crippen LogP contribution in [0.2, 0.25) is 0 Å². The number of benzene rings is 1. The summed E-state index contributed by atoms with van der Waals surface area (Å²) < 4.78 is 29.8. The van der Waals surface area contributed by atoms with Crippen molar-refractivity contribution in [2.45, 2.75) is 49.4 Å². The van der Waals surface area contributed by atoms with Gasteiger partial charge in [0, 0.05) is 0 Å². The standard InChI is InChI=1S/C18H28N2O3S/c19-24(21,22)18(16-10-11-20-12-16)13-23-17-8-6-15(7-9-17)14-4-2-1-3-5-14/h1-5,15-18,20H,6-13H2,(H2,19,21,22). The van der Waals surface area contributed by atoms with E-state index in [1.807, 2.05) is 6.07 Å². The Hall–Kier alpha value is -0.950. The summed E-state index contributed by atoms with van der Waals surface area (Å²) in [5.41, 5.74) is 1.40. The van der Waals surface area contributed by atoms with Crippen molar-refractivity contribution in [3.8, 4) is 0 Å². The molecule has 2 unspecified atom stereocenters. The van der Waals surface area contributed by atoms with E-state index in [2.05, 4.69) is 29.6 Å². The van der Waals surface area contributed by atoms with Crippen molar-refractivity contribution in [1.82, 2.24) is 5.32 Å². The molecule has 3 N–H and O–H groups in total. The Morgan fingerprint density at radius 3 is 2.42 bits per heavy atom. The quantitative estimate of drug-likeness (QED) is 0.820. The smallest absolute Gasteiger partial charge is 0.214 e. The van der Waals surface area contributed by atoms with E-state index in [0.717, 1.165) is 38.6 Å². The molecule has 5 nitrogen and oxygen atoms in total. The monoisotopic (exact) mass is 352 g/mol. The maximum absolute atomic E-state index is 11.9. The molecular formula is C18H28N2O3S. The maximum Gasteiger partial charge on any atom is 0.214 e. The van der Waals surface area contributed by atoms with Crippen LogP contribution >= 0.6 is 0 Å². The van der Waals surface area contributed by atoms with Gasteiger partial charge in [-0.2, -0.15) is 0 Å². The lowest BCUT2D eigenvalue weighted by Gasteiger charge is -2.30. The first kappa shape index (κ1) is 17.9. The zero-order chi connectivity index (χ0) is 17.0. The summed E-state index contributed by atoms with van der Waals surface area (Å²) in [6.07, 6.45) is 5.17. The van der Waals surface area contributed by atoms with E-state index in [1.165, 1.54) is 5.56 Å². The molecule has 2 aliphatic rings. The largest absolute Gasteiger partial charge is 0.377 e. The number of hydrogen-bond acceptors (Lipinski definition) is 4. The number of hydrogen-bond donors (Lipinski definition) is 2. The van der Waals surface area contributed by atoms with Gasteiger partial charge in [0.15, 0.2) is 0 Å². The topological polar surface area (TPSA) is 81.4 Å². The van der Waals surface area contributed by atoms with E-state index < -0.39 is 15.3 Å². The molecule has 0 amide bonds. The van der Waals surface area contributed by atoms with Crippen LogP contribution in [0.4, 0.5) is 0 Å². The summed E-state index contributed by atoms with van der Waals surface area (Å²) in [7, 11) is -3.57. The van der Waals surface area contributed by atoms with Gasteiger partial charge in [-0.25, -0.2) is 13.6 Å². The number of rotatable bonds is 6. The van der Waals surface area contributed by atoms with E-state index in [4.69, 9.17) is 9.88 Å². The summed E-state index contributed by atoms with van der Waals surface area (Å²) >= 11 is 0. The fourth-order valence-corrected chi connectivity index (χ4v) is 5.05. The number of nitrogens with two attached hydrogens (primary N) is 1. The second kappa shape index (κ2) is 7.95. The average molecular weight is 353 g/mol. The lowest BCUT2D eigenvalue weighted by Crippen LogP contribution is -2.41. The molecule has 1 aromatic carbocycles. The predicted octanol–water partition coefficient (Wildman–Crippen LogP) is 2.00. The summed E-state index contributed by atoms with van der Waals surface area (Å²) in [5, 5.41) is 8.06. The minimum absolute atomic E-state index is 0.0701. The molecule has 0 aromatic heterocycles. The minimum Gasteiger partial charge on any atom is -0.377 e. The van der Waals surface area contributed by atoms with Gasteiger partial charge in [0.05, 0.1) is 12.7 Å². The molecule has 1 saturated heterocycles. The van der Waals surface area contributed by atoms with E-state index >= 15 is 0 Å². The molecule has 1 saturated carbocycles. The van der Waals surface area contributed by atoms with Gasteiger partial charge in [-0.1, -0.05) is 30.3 Å². The SMILES string of the molecule is NS(=O)(=O)C(COC1CCC(c2ccccc2)CC1)C1CCNC1. The van der Waals surface area contributed by atoms with Crippen LogP contribution < -0.4 is 10.5 Å². The van der Waals surface area contributed by atoms with Gasteiger partial charge in [0.1, 0.15) is 5.25 Å². The Balaban J connectivity index is 1.50. The highest BCUT2D eigenvalue weighted by atomic mass is 32.2. The summed E-state index contributed by atoms with van der Waals surface area (Å²) in [5.74, 6) is 0.666. The van der Waals surface area contributed by atoms with Crippen LogP contribution in [0.1, 0.15) is 43.6 Å². The van der Waals surface area contributed by atoms with Crippen molar-refractivity contribution in [3.63, 3.8) is 0 Å². The molecule has 1 aliphatic carbocycles. The highest BCUT2D eigenvalue weighted by Gasteiger charge is 2.34. The van der Waals surface area contributed by atoms with Crippen molar-refractivity contribution >= 4 is 10.0 Å². The zero-order valence-electron chi connectivity index (χ0n) is 14.1. The predicted molar refractivity (Wildman–Crippen MR) is 95.3 cm³/mol. The van der Waals surface area contributed by atoms with E-state index in [0.29, 0.717) is 12.5 Å². The van der Waals surface area contributed by atoms with Crippen molar-refractivity contribution in [1.29, 1.82) is 0 Å². The van der Waals surface area contributed by atoms with Crippen molar-refractivity contribution in [3.05, 3.63) is 35.9 Å². The Kier molecular flexibility index (Phi) is 5.92. The lowest BCUT2D eigenvalue weighted by atomic mass is 9.83. The molecule has 0 radical (unpaired) electrons. The first-order valence-electron chi connectivity index (χ1n) is 8.93. The fourth-order valence-electron chi connectivity index (χ4n) is 4.01. The summed E-state index contributed by atoms with van der Waals surface area (Å²) in [6, 6.07) is 10.6. The number of sulfonamides is 1. The molecule has 2 atom stereocenters. The molecular weight excluding hydrogens is 324 g/mol. The normalized spacial score (nSPS) is 29.5. The van der Waals surface area contributed by atoms with Crippen LogP contribution in [0, 0.1) is 5.92 Å². The third-order valence-electron chi connectivity index (χ3n) is 5.49. The molecule has 6 heteroatoms. The Bertz CT molecular complexity index is 606. The molecule has 0 bridgehead atoms. The molecule has 1 aromatic rings. The molecule has 1 heterocycles. The van der Waals surface area contributed by atoms with Crippen LogP contribution in [0.15, 0.2) is 30.3 Å². The molecule has 1 aliphatic heterocycles. The molecule has 134 valence electrons. The van der Waals surface area contributed by atoms with Crippen LogP contribution in [0.5, 0.6) is 0 Å². The van der Waals surface area contributed by atoms with Gasteiger partial charge in [0.2, 0.25) is 10.0 Å². The Morgan fingerprint density at radius 2 is 1.83 bits per heavy atom. The first-order valence-corrected chi connectivity index (χ1v) is 10.5. The van der Waals surface area contributed by atoms with Gasteiger partial charge in [-0.05, 0) is 62.6 Å². The average Bonchev–Trinajstić information content (AvgIpc) is 3.09. The third kappa shape index (κ3) is 4.57. The second-order valence-electron chi connectivity index (χ2n) is 7.10. The second-order valence-corrected chi connectivity index (χ2v) is 8.88. The molecule has 0 spiro atoms. The van der Waals surface area contributed by atoms with Gasteiger partial charge in [-0.3, -0.25) is 0 Å². The summed E-state index contributed by atoms with van der Waals surface area (Å²) in [6.45, 7) is 1.80. The van der Waals surface area contributed by atoms with Gasteiger partial charge in [-0.15, -0.1) is 0 Å². The molecule has 24 heavy (non-hydrogen) atoms. The number of primary sulfonamides is 1. The highest BCUT2D eigenvalue weighted by molar-refractivity contribution is 7.89. The van der Waals surface area contributed by atoms with E-state index in [-0.39, 0.29) is 18.6 Å². The van der Waals surface area contributed by atoms with Crippen LogP contribution in [-0.4, -0.2) is 39.5 Å². The van der Waals surface area contributed by atoms with Crippen molar-refractivity contribution in [2.24, 2.45) is 11.1 Å². The van der Waals surface area contributed by atoms with Crippen LogP contribution in [0.25, 0.3) is 0 Å². The zero-order valence-corrected chi connectivity index (χ0v) is 14.9.